The van der Waals surface area contributed by atoms with E-state index in [2.05, 4.69) is 5.32 Å². The van der Waals surface area contributed by atoms with E-state index >= 15 is 0 Å². The Kier molecular flexibility index (Phi) is 4.62. The number of amides is 2. The topological polar surface area (TPSA) is 88.8 Å². The zero-order valence-electron chi connectivity index (χ0n) is 17.8. The number of likely N-dealkylation sites (tertiary alicyclic amines) is 1. The molecule has 1 fully saturated rings. The zero-order chi connectivity index (χ0) is 22.5. The molecule has 2 unspecified atom stereocenters. The van der Waals surface area contributed by atoms with E-state index in [-0.39, 0.29) is 17.1 Å². The molecule has 0 bridgehead atoms. The van der Waals surface area contributed by atoms with Crippen LogP contribution in [0.2, 0.25) is 0 Å². The number of hydrogen-bond acceptors (Lipinski definition) is 5. The molecule has 0 aliphatic carbocycles. The molecule has 0 radical (unpaired) electrons. The highest BCUT2D eigenvalue weighted by atomic mass is 16.5. The number of methoxy groups -OCH3 is 1. The summed E-state index contributed by atoms with van der Waals surface area (Å²) < 4.78 is 11.0. The van der Waals surface area contributed by atoms with Crippen molar-refractivity contribution in [1.29, 1.82) is 0 Å². The van der Waals surface area contributed by atoms with Crippen molar-refractivity contribution >= 4 is 17.5 Å². The standard InChI is InChI=1S/C25H22N2O5/c1-15-12-17(28)14-21(32-15)23(29)27-11-10-25(19-8-3-4-9-20(19)26-24(25)30)22(27)16-6-5-7-18(13-16)31-2/h3-9,12-14,22H,10-11H2,1-2H3,(H,26,30). The van der Waals surface area contributed by atoms with Gasteiger partial charge in [-0.2, -0.15) is 0 Å². The van der Waals surface area contributed by atoms with Crippen LogP contribution in [0, 0.1) is 6.92 Å². The minimum Gasteiger partial charge on any atom is -0.497 e. The number of hydrogen-bond donors (Lipinski definition) is 1. The third-order valence-electron chi connectivity index (χ3n) is 6.36. The van der Waals surface area contributed by atoms with Crippen molar-refractivity contribution in [3.8, 4) is 5.75 Å². The number of para-hydroxylation sites is 1. The first-order chi connectivity index (χ1) is 15.4. The van der Waals surface area contributed by atoms with E-state index in [0.717, 1.165) is 16.8 Å². The molecule has 2 amide bonds. The third kappa shape index (κ3) is 2.92. The van der Waals surface area contributed by atoms with E-state index in [9.17, 15) is 14.4 Å². The Bertz CT molecular complexity index is 1300. The molecule has 2 aliphatic heterocycles. The van der Waals surface area contributed by atoms with Gasteiger partial charge >= 0.3 is 0 Å². The largest absolute Gasteiger partial charge is 0.497 e. The van der Waals surface area contributed by atoms with E-state index in [4.69, 9.17) is 9.15 Å². The second-order valence-electron chi connectivity index (χ2n) is 8.17. The third-order valence-corrected chi connectivity index (χ3v) is 6.36. The van der Waals surface area contributed by atoms with E-state index in [1.54, 1.807) is 18.9 Å². The van der Waals surface area contributed by atoms with Gasteiger partial charge in [0.2, 0.25) is 5.91 Å². The van der Waals surface area contributed by atoms with Crippen molar-refractivity contribution in [2.75, 3.05) is 19.0 Å². The molecular weight excluding hydrogens is 408 g/mol. The summed E-state index contributed by atoms with van der Waals surface area (Å²) in [5.41, 5.74) is 1.13. The van der Waals surface area contributed by atoms with E-state index in [0.29, 0.717) is 24.5 Å². The first-order valence-corrected chi connectivity index (χ1v) is 10.4. The highest BCUT2D eigenvalue weighted by Crippen LogP contribution is 2.55. The molecule has 2 atom stereocenters. The number of nitrogens with zero attached hydrogens (tertiary/aromatic N) is 1. The maximum absolute atomic E-state index is 13.6. The monoisotopic (exact) mass is 430 g/mol. The van der Waals surface area contributed by atoms with Crippen molar-refractivity contribution < 1.29 is 18.7 Å². The molecule has 1 saturated heterocycles. The molecule has 1 spiro atoms. The van der Waals surface area contributed by atoms with Gasteiger partial charge in [0, 0.05) is 24.4 Å². The van der Waals surface area contributed by atoms with Gasteiger partial charge in [0.25, 0.3) is 5.91 Å². The first kappa shape index (κ1) is 20.1. The van der Waals surface area contributed by atoms with E-state index in [1.165, 1.54) is 12.1 Å². The summed E-state index contributed by atoms with van der Waals surface area (Å²) in [6.45, 7) is 1.96. The van der Waals surface area contributed by atoms with Gasteiger partial charge < -0.3 is 19.4 Å². The van der Waals surface area contributed by atoms with Crippen LogP contribution < -0.4 is 15.5 Å². The molecule has 2 aromatic carbocycles. The molecule has 162 valence electrons. The number of aryl methyl sites for hydroxylation is 1. The number of nitrogens with one attached hydrogen (secondary N) is 1. The summed E-state index contributed by atoms with van der Waals surface area (Å²) in [5.74, 6) is 0.384. The quantitative estimate of drug-likeness (QED) is 0.688. The SMILES string of the molecule is COc1cccc(C2N(C(=O)c3cc(=O)cc(C)o3)CCC23C(=O)Nc2ccccc23)c1. The number of ether oxygens (including phenoxy) is 1. The fourth-order valence-electron chi connectivity index (χ4n) is 5.03. The van der Waals surface area contributed by atoms with Crippen LogP contribution in [0.4, 0.5) is 5.69 Å². The molecule has 7 heteroatoms. The van der Waals surface area contributed by atoms with Crippen LogP contribution in [-0.4, -0.2) is 30.4 Å². The number of fused-ring (bicyclic) bond motifs is 2. The van der Waals surface area contributed by atoms with Crippen LogP contribution in [0.3, 0.4) is 0 Å². The van der Waals surface area contributed by atoms with Gasteiger partial charge in [0.05, 0.1) is 13.2 Å². The highest BCUT2D eigenvalue weighted by Gasteiger charge is 2.59. The normalized spacial score (nSPS) is 21.5. The average molecular weight is 430 g/mol. The molecular formula is C25H22N2O5. The summed E-state index contributed by atoms with van der Waals surface area (Å²) in [7, 11) is 1.57. The maximum atomic E-state index is 13.6. The number of anilines is 1. The molecule has 3 heterocycles. The molecule has 1 aromatic heterocycles. The summed E-state index contributed by atoms with van der Waals surface area (Å²) in [4.78, 5) is 40.7. The minimum atomic E-state index is -0.956. The van der Waals surface area contributed by atoms with Gasteiger partial charge in [0.1, 0.15) is 16.9 Å². The average Bonchev–Trinajstić information content (AvgIpc) is 3.32. The number of carbonyl (C=O) groups is 2. The Morgan fingerprint density at radius 2 is 1.94 bits per heavy atom. The minimum absolute atomic E-state index is 0.0355. The fraction of sp³-hybridized carbons (Fsp3) is 0.240. The number of benzene rings is 2. The molecule has 0 saturated carbocycles. The van der Waals surface area contributed by atoms with E-state index < -0.39 is 17.4 Å². The van der Waals surface area contributed by atoms with Crippen LogP contribution >= 0.6 is 0 Å². The van der Waals surface area contributed by atoms with Gasteiger partial charge in [-0.1, -0.05) is 30.3 Å². The number of rotatable bonds is 3. The van der Waals surface area contributed by atoms with Crippen molar-refractivity contribution in [1.82, 2.24) is 4.90 Å². The van der Waals surface area contributed by atoms with Gasteiger partial charge in [0.15, 0.2) is 11.2 Å². The molecule has 7 nitrogen and oxygen atoms in total. The second-order valence-corrected chi connectivity index (χ2v) is 8.17. The lowest BCUT2D eigenvalue weighted by atomic mass is 9.72. The predicted octanol–water partition coefficient (Wildman–Crippen LogP) is 3.43. The first-order valence-electron chi connectivity index (χ1n) is 10.4. The Morgan fingerprint density at radius 3 is 2.72 bits per heavy atom. The highest BCUT2D eigenvalue weighted by molar-refractivity contribution is 6.08. The van der Waals surface area contributed by atoms with Crippen molar-refractivity contribution in [2.24, 2.45) is 0 Å². The van der Waals surface area contributed by atoms with Crippen LogP contribution in [0.1, 0.15) is 39.9 Å². The molecule has 1 N–H and O–H groups in total. The van der Waals surface area contributed by atoms with Gasteiger partial charge in [-0.15, -0.1) is 0 Å². The Hall–Kier alpha value is -3.87. The van der Waals surface area contributed by atoms with Gasteiger partial charge in [-0.05, 0) is 42.7 Å². The van der Waals surface area contributed by atoms with Crippen LogP contribution in [-0.2, 0) is 10.2 Å². The smallest absolute Gasteiger partial charge is 0.290 e. The number of carbonyl (C=O) groups excluding carboxylic acids is 2. The lowest BCUT2D eigenvalue weighted by molar-refractivity contribution is -0.121. The lowest BCUT2D eigenvalue weighted by Gasteiger charge is -2.34. The molecule has 32 heavy (non-hydrogen) atoms. The van der Waals surface area contributed by atoms with Gasteiger partial charge in [-0.25, -0.2) is 0 Å². The second kappa shape index (κ2) is 7.37. The molecule has 3 aromatic rings. The van der Waals surface area contributed by atoms with Crippen molar-refractivity contribution in [3.63, 3.8) is 0 Å². The maximum Gasteiger partial charge on any atom is 0.290 e. The fourth-order valence-corrected chi connectivity index (χ4v) is 5.03. The Morgan fingerprint density at radius 1 is 1.12 bits per heavy atom. The molecule has 5 rings (SSSR count). The molecule has 2 aliphatic rings. The van der Waals surface area contributed by atoms with Gasteiger partial charge in [-0.3, -0.25) is 14.4 Å². The Balaban J connectivity index is 1.69. The van der Waals surface area contributed by atoms with E-state index in [1.807, 2.05) is 48.5 Å². The lowest BCUT2D eigenvalue weighted by Crippen LogP contribution is -2.42. The summed E-state index contributed by atoms with van der Waals surface area (Å²) >= 11 is 0. The van der Waals surface area contributed by atoms with Crippen molar-refractivity contribution in [3.05, 3.63) is 93.5 Å². The summed E-state index contributed by atoms with van der Waals surface area (Å²) in [5, 5.41) is 2.99. The van der Waals surface area contributed by atoms with Crippen LogP contribution in [0.15, 0.2) is 69.9 Å². The predicted molar refractivity (Wildman–Crippen MR) is 118 cm³/mol. The van der Waals surface area contributed by atoms with Crippen LogP contribution in [0.25, 0.3) is 0 Å². The summed E-state index contributed by atoms with van der Waals surface area (Å²) in [6.07, 6.45) is 0.444. The zero-order valence-corrected chi connectivity index (χ0v) is 17.8. The summed E-state index contributed by atoms with van der Waals surface area (Å²) in [6, 6.07) is 16.9. The van der Waals surface area contributed by atoms with Crippen LogP contribution in [0.5, 0.6) is 5.75 Å². The Labute approximate surface area is 184 Å². The van der Waals surface area contributed by atoms with Crippen molar-refractivity contribution in [2.45, 2.75) is 24.8 Å².